The first-order valence-electron chi connectivity index (χ1n) is 10.7. The van der Waals surface area contributed by atoms with E-state index in [4.69, 9.17) is 29.3 Å². The van der Waals surface area contributed by atoms with E-state index < -0.39 is 24.3 Å². The molecule has 2 unspecified atom stereocenters. The fourth-order valence-electron chi connectivity index (χ4n) is 3.20. The molecular weight excluding hydrogens is 522 g/mol. The highest BCUT2D eigenvalue weighted by Gasteiger charge is 2.39. The molecule has 0 saturated carbocycles. The van der Waals surface area contributed by atoms with Crippen molar-refractivity contribution in [3.8, 4) is 0 Å². The number of carboxylic acids is 2. The van der Waals surface area contributed by atoms with Crippen LogP contribution in [-0.2, 0) is 36.9 Å². The van der Waals surface area contributed by atoms with Crippen molar-refractivity contribution in [2.75, 3.05) is 47.1 Å². The Bertz CT molecular complexity index is 861. The van der Waals surface area contributed by atoms with Gasteiger partial charge in [-0.25, -0.2) is 9.59 Å². The van der Waals surface area contributed by atoms with Gasteiger partial charge in [-0.3, -0.25) is 14.4 Å². The first kappa shape index (κ1) is 32.1. The number of amides is 1. The number of aromatic nitrogens is 2. The maximum Gasteiger partial charge on any atom is 0.490 e. The van der Waals surface area contributed by atoms with Crippen molar-refractivity contribution in [2.45, 2.75) is 37.9 Å². The van der Waals surface area contributed by atoms with E-state index >= 15 is 0 Å². The van der Waals surface area contributed by atoms with Gasteiger partial charge in [0, 0.05) is 58.5 Å². The van der Waals surface area contributed by atoms with Crippen LogP contribution >= 0.6 is 0 Å². The molecule has 17 heteroatoms. The van der Waals surface area contributed by atoms with Gasteiger partial charge in [0.2, 0.25) is 5.91 Å². The summed E-state index contributed by atoms with van der Waals surface area (Å²) in [6.07, 6.45) is -7.22. The van der Waals surface area contributed by atoms with Crippen LogP contribution in [0.4, 0.5) is 26.3 Å². The number of ether oxygens (including phenoxy) is 2. The van der Waals surface area contributed by atoms with Crippen LogP contribution in [0.3, 0.4) is 0 Å². The topological polar surface area (TPSA) is 134 Å². The third kappa shape index (κ3) is 11.8. The summed E-state index contributed by atoms with van der Waals surface area (Å²) in [5.74, 6) is -5.19. The average Bonchev–Trinajstić information content (AvgIpc) is 3.42. The highest BCUT2D eigenvalue weighted by molar-refractivity contribution is 5.76. The summed E-state index contributed by atoms with van der Waals surface area (Å²) >= 11 is 0. The van der Waals surface area contributed by atoms with Crippen LogP contribution in [0.2, 0.25) is 0 Å². The third-order valence-corrected chi connectivity index (χ3v) is 5.08. The van der Waals surface area contributed by atoms with Gasteiger partial charge in [0.25, 0.3) is 0 Å². The number of aliphatic carboxylic acids is 2. The van der Waals surface area contributed by atoms with Crippen LogP contribution in [-0.4, -0.2) is 113 Å². The van der Waals surface area contributed by atoms with E-state index in [2.05, 4.69) is 20.7 Å². The van der Waals surface area contributed by atoms with Gasteiger partial charge in [-0.15, -0.1) is 0 Å². The second-order valence-corrected chi connectivity index (χ2v) is 8.23. The molecule has 1 aromatic rings. The molecule has 2 aliphatic heterocycles. The van der Waals surface area contributed by atoms with E-state index in [0.717, 1.165) is 39.3 Å². The summed E-state index contributed by atoms with van der Waals surface area (Å²) in [5.41, 5.74) is 1.24. The lowest BCUT2D eigenvalue weighted by Crippen LogP contribution is -2.39. The Morgan fingerprint density at radius 1 is 1.11 bits per heavy atom. The van der Waals surface area contributed by atoms with Crippen LogP contribution in [0.5, 0.6) is 0 Å². The number of carbonyl (C=O) groups excluding carboxylic acids is 1. The monoisotopic (exact) mass is 550 g/mol. The van der Waals surface area contributed by atoms with Crippen LogP contribution in [0, 0.1) is 5.92 Å². The molecule has 2 N–H and O–H groups in total. The number of fused-ring (bicyclic) bond motifs is 1. The van der Waals surface area contributed by atoms with Crippen molar-refractivity contribution in [1.82, 2.24) is 19.6 Å². The molecule has 0 aliphatic carbocycles. The van der Waals surface area contributed by atoms with Gasteiger partial charge in [0.05, 0.1) is 18.9 Å². The van der Waals surface area contributed by atoms with E-state index in [1.165, 1.54) is 5.69 Å². The van der Waals surface area contributed by atoms with Crippen molar-refractivity contribution in [3.05, 3.63) is 18.0 Å². The number of alkyl halides is 6. The maximum absolute atomic E-state index is 11.6. The third-order valence-electron chi connectivity index (χ3n) is 5.08. The van der Waals surface area contributed by atoms with Gasteiger partial charge in [0.15, 0.2) is 0 Å². The summed E-state index contributed by atoms with van der Waals surface area (Å²) in [7, 11) is 3.49. The molecule has 1 saturated heterocycles. The zero-order valence-electron chi connectivity index (χ0n) is 20.0. The van der Waals surface area contributed by atoms with Crippen molar-refractivity contribution < 1.29 is 60.4 Å². The number of likely N-dealkylation sites (N-methyl/N-ethyl adjacent to an activating group) is 1. The summed E-state index contributed by atoms with van der Waals surface area (Å²) in [6.45, 7) is 5.06. The molecule has 2 atom stereocenters. The minimum absolute atomic E-state index is 0.000510. The molecule has 0 radical (unpaired) electrons. The molecule has 1 amide bonds. The standard InChI is InChI=1S/C16H26N4O3.2C2HF3O2/c1-18(2)16(21)12-23-10-13-7-19(15-4-6-22-11-15)9-14-3-5-17-20(14)8-13;2*3-2(4,5)1(6)7/h3,5,13,15H,4,6-12H2,1-2H3;2*(H,6,7). The number of carbonyl (C=O) groups is 3. The first-order chi connectivity index (χ1) is 17.0. The maximum atomic E-state index is 11.6. The van der Waals surface area contributed by atoms with Crippen molar-refractivity contribution in [1.29, 1.82) is 0 Å². The minimum Gasteiger partial charge on any atom is -0.475 e. The number of nitrogens with zero attached hydrogens (tertiary/aromatic N) is 4. The zero-order valence-corrected chi connectivity index (χ0v) is 20.0. The molecular formula is C20H28F6N4O7. The smallest absolute Gasteiger partial charge is 0.475 e. The first-order valence-corrected chi connectivity index (χ1v) is 10.7. The molecule has 1 aromatic heterocycles. The Labute approximate surface area is 207 Å². The summed E-state index contributed by atoms with van der Waals surface area (Å²) < 4.78 is 76.8. The number of hydrogen-bond donors (Lipinski definition) is 2. The predicted molar refractivity (Wildman–Crippen MR) is 112 cm³/mol. The molecule has 0 spiro atoms. The van der Waals surface area contributed by atoms with Crippen molar-refractivity contribution in [3.63, 3.8) is 0 Å². The lowest BCUT2D eigenvalue weighted by Gasteiger charge is -2.28. The largest absolute Gasteiger partial charge is 0.490 e. The van der Waals surface area contributed by atoms with E-state index in [0.29, 0.717) is 18.6 Å². The van der Waals surface area contributed by atoms with Gasteiger partial charge in [-0.2, -0.15) is 31.4 Å². The fourth-order valence-corrected chi connectivity index (χ4v) is 3.20. The average molecular weight is 550 g/mol. The second-order valence-electron chi connectivity index (χ2n) is 8.23. The predicted octanol–water partition coefficient (Wildman–Crippen LogP) is 1.48. The van der Waals surface area contributed by atoms with E-state index in [1.807, 2.05) is 6.20 Å². The van der Waals surface area contributed by atoms with Gasteiger partial charge in [0.1, 0.15) is 6.61 Å². The lowest BCUT2D eigenvalue weighted by atomic mass is 10.1. The molecule has 3 rings (SSSR count). The van der Waals surface area contributed by atoms with E-state index in [-0.39, 0.29) is 12.5 Å². The highest BCUT2D eigenvalue weighted by Crippen LogP contribution is 2.22. The SMILES string of the molecule is CN(C)C(=O)COCC1CN(C2CCOC2)Cc2ccnn2C1.O=C(O)C(F)(F)F.O=C(O)C(F)(F)F. The molecule has 0 bridgehead atoms. The lowest BCUT2D eigenvalue weighted by molar-refractivity contribution is -0.193. The Balaban J connectivity index is 0.000000404. The Hall–Kier alpha value is -2.92. The van der Waals surface area contributed by atoms with Gasteiger partial charge in [-0.05, 0) is 12.5 Å². The molecule has 3 heterocycles. The van der Waals surface area contributed by atoms with E-state index in [9.17, 15) is 31.1 Å². The molecule has 212 valence electrons. The molecule has 37 heavy (non-hydrogen) atoms. The van der Waals surface area contributed by atoms with Gasteiger partial charge < -0.3 is 24.6 Å². The minimum atomic E-state index is -5.08. The van der Waals surface area contributed by atoms with Crippen molar-refractivity contribution >= 4 is 17.8 Å². The highest BCUT2D eigenvalue weighted by atomic mass is 19.4. The van der Waals surface area contributed by atoms with E-state index in [1.54, 1.807) is 19.0 Å². The number of halogens is 6. The van der Waals surface area contributed by atoms with Crippen LogP contribution in [0.15, 0.2) is 12.3 Å². The second kappa shape index (κ2) is 14.1. The van der Waals surface area contributed by atoms with Crippen LogP contribution in [0.25, 0.3) is 0 Å². The van der Waals surface area contributed by atoms with Crippen molar-refractivity contribution in [2.24, 2.45) is 5.92 Å². The fraction of sp³-hybridized carbons (Fsp3) is 0.700. The normalized spacial score (nSPS) is 19.9. The van der Waals surface area contributed by atoms with Gasteiger partial charge in [-0.1, -0.05) is 0 Å². The Morgan fingerprint density at radius 3 is 2.14 bits per heavy atom. The van der Waals surface area contributed by atoms with Crippen LogP contribution in [0.1, 0.15) is 12.1 Å². The Morgan fingerprint density at radius 2 is 1.68 bits per heavy atom. The number of carboxylic acid groups (broad SMARTS) is 2. The number of hydrogen-bond acceptors (Lipinski definition) is 7. The summed E-state index contributed by atoms with van der Waals surface area (Å²) in [5, 5.41) is 18.7. The quantitative estimate of drug-likeness (QED) is 0.523. The number of rotatable bonds is 5. The molecule has 1 fully saturated rings. The van der Waals surface area contributed by atoms with Gasteiger partial charge >= 0.3 is 24.3 Å². The molecule has 2 aliphatic rings. The Kier molecular flexibility index (Phi) is 12.3. The molecule has 11 nitrogen and oxygen atoms in total. The molecule has 0 aromatic carbocycles. The zero-order chi connectivity index (χ0) is 28.4. The summed E-state index contributed by atoms with van der Waals surface area (Å²) in [4.78, 5) is 33.5. The van der Waals surface area contributed by atoms with Crippen LogP contribution < -0.4 is 0 Å². The summed E-state index contributed by atoms with van der Waals surface area (Å²) in [6, 6.07) is 2.56.